The maximum atomic E-state index is 12.9. The number of anilines is 2. The highest BCUT2D eigenvalue weighted by Crippen LogP contribution is 2.32. The number of urea groups is 1. The zero-order chi connectivity index (χ0) is 23.5. The summed E-state index contributed by atoms with van der Waals surface area (Å²) < 4.78 is 0. The second-order valence-corrected chi connectivity index (χ2v) is 8.39. The molecule has 1 aliphatic heterocycles. The Morgan fingerprint density at radius 3 is 2.35 bits per heavy atom. The van der Waals surface area contributed by atoms with Gasteiger partial charge in [-0.2, -0.15) is 5.26 Å². The van der Waals surface area contributed by atoms with Crippen molar-refractivity contribution in [3.05, 3.63) is 84.4 Å². The molecule has 0 aliphatic carbocycles. The molecular formula is C27H24N6O. The molecule has 0 saturated carbocycles. The Morgan fingerprint density at radius 1 is 0.941 bits per heavy atom. The predicted octanol–water partition coefficient (Wildman–Crippen LogP) is 4.91. The van der Waals surface area contributed by atoms with Crippen molar-refractivity contribution in [1.82, 2.24) is 15.1 Å². The van der Waals surface area contributed by atoms with E-state index in [0.717, 1.165) is 27.8 Å². The van der Waals surface area contributed by atoms with E-state index in [1.165, 1.54) is 0 Å². The fraction of sp³-hybridized carbons (Fsp3) is 0.185. The normalized spacial score (nSPS) is 15.7. The van der Waals surface area contributed by atoms with E-state index >= 15 is 0 Å². The van der Waals surface area contributed by atoms with E-state index in [9.17, 15) is 4.79 Å². The van der Waals surface area contributed by atoms with Gasteiger partial charge in [0.25, 0.3) is 0 Å². The number of fused-ring (bicyclic) bond motifs is 1. The minimum Gasteiger partial charge on any atom is -0.351 e. The van der Waals surface area contributed by atoms with Crippen LogP contribution in [-0.2, 0) is 0 Å². The lowest BCUT2D eigenvalue weighted by atomic mass is 10.0. The summed E-state index contributed by atoms with van der Waals surface area (Å²) in [6.07, 6.45) is 0. The maximum Gasteiger partial charge on any atom is 0.322 e. The molecule has 1 saturated heterocycles. The van der Waals surface area contributed by atoms with Crippen LogP contribution in [0.15, 0.2) is 78.9 Å². The Labute approximate surface area is 198 Å². The average molecular weight is 449 g/mol. The van der Waals surface area contributed by atoms with E-state index in [1.54, 1.807) is 24.3 Å². The van der Waals surface area contributed by atoms with Gasteiger partial charge >= 0.3 is 6.03 Å². The van der Waals surface area contributed by atoms with Gasteiger partial charge in [-0.3, -0.25) is 0 Å². The zero-order valence-corrected chi connectivity index (χ0v) is 18.8. The molecule has 1 atom stereocenters. The Morgan fingerprint density at radius 2 is 1.65 bits per heavy atom. The van der Waals surface area contributed by atoms with E-state index in [2.05, 4.69) is 38.6 Å². The third-order valence-electron chi connectivity index (χ3n) is 6.17. The predicted molar refractivity (Wildman–Crippen MR) is 134 cm³/mol. The van der Waals surface area contributed by atoms with Gasteiger partial charge in [0.05, 0.1) is 11.6 Å². The summed E-state index contributed by atoms with van der Waals surface area (Å²) in [7, 11) is 0. The molecule has 168 valence electrons. The van der Waals surface area contributed by atoms with Crippen molar-refractivity contribution in [3.8, 4) is 17.3 Å². The first-order valence-corrected chi connectivity index (χ1v) is 11.3. The molecule has 5 rings (SSSR count). The van der Waals surface area contributed by atoms with Gasteiger partial charge in [0, 0.05) is 47.7 Å². The average Bonchev–Trinajstić information content (AvgIpc) is 2.89. The van der Waals surface area contributed by atoms with Gasteiger partial charge in [-0.15, -0.1) is 10.2 Å². The van der Waals surface area contributed by atoms with Gasteiger partial charge in [0.15, 0.2) is 5.82 Å². The molecule has 0 spiro atoms. The second-order valence-electron chi connectivity index (χ2n) is 8.39. The minimum absolute atomic E-state index is 0.0125. The molecule has 0 bridgehead atoms. The highest BCUT2D eigenvalue weighted by Gasteiger charge is 2.29. The molecule has 0 radical (unpaired) electrons. The number of piperazine rings is 1. The smallest absolute Gasteiger partial charge is 0.322 e. The van der Waals surface area contributed by atoms with Crippen LogP contribution in [0, 0.1) is 11.3 Å². The summed E-state index contributed by atoms with van der Waals surface area (Å²) in [6, 6.07) is 27.1. The van der Waals surface area contributed by atoms with Gasteiger partial charge < -0.3 is 15.1 Å². The first kappa shape index (κ1) is 21.4. The fourth-order valence-corrected chi connectivity index (χ4v) is 4.41. The van der Waals surface area contributed by atoms with Gasteiger partial charge in [-0.25, -0.2) is 4.79 Å². The van der Waals surface area contributed by atoms with Crippen LogP contribution < -0.4 is 10.2 Å². The van der Waals surface area contributed by atoms with Crippen molar-refractivity contribution in [2.24, 2.45) is 0 Å². The molecule has 1 aromatic heterocycles. The standard InChI is InChI=1S/C27H24N6O/c1-19-18-32(15-16-33(19)27(34)29-22-13-11-20(17-28)12-14-22)26-24-10-6-5-9-23(24)25(30-31-26)21-7-3-2-4-8-21/h2-14,19H,15-16,18H2,1H3,(H,29,34). The van der Waals surface area contributed by atoms with Crippen LogP contribution in [0.1, 0.15) is 12.5 Å². The van der Waals surface area contributed by atoms with Crippen molar-refractivity contribution in [3.63, 3.8) is 0 Å². The molecule has 1 aliphatic rings. The van der Waals surface area contributed by atoms with Gasteiger partial charge in [0.2, 0.25) is 0 Å². The third kappa shape index (κ3) is 4.14. The summed E-state index contributed by atoms with van der Waals surface area (Å²) in [4.78, 5) is 16.9. The van der Waals surface area contributed by atoms with Crippen LogP contribution in [0.4, 0.5) is 16.3 Å². The molecule has 2 heterocycles. The van der Waals surface area contributed by atoms with Gasteiger partial charge in [-0.05, 0) is 31.2 Å². The highest BCUT2D eigenvalue weighted by molar-refractivity contribution is 6.00. The molecule has 1 fully saturated rings. The van der Waals surface area contributed by atoms with E-state index in [-0.39, 0.29) is 12.1 Å². The number of nitrogens with zero attached hydrogens (tertiary/aromatic N) is 5. The molecule has 1 N–H and O–H groups in total. The number of nitriles is 1. The van der Waals surface area contributed by atoms with Crippen LogP contribution in [0.2, 0.25) is 0 Å². The van der Waals surface area contributed by atoms with Gasteiger partial charge in [-0.1, -0.05) is 54.6 Å². The lowest BCUT2D eigenvalue weighted by Gasteiger charge is -2.40. The lowest BCUT2D eigenvalue weighted by Crippen LogP contribution is -2.55. The van der Waals surface area contributed by atoms with Crippen LogP contribution in [0.5, 0.6) is 0 Å². The van der Waals surface area contributed by atoms with Crippen molar-refractivity contribution in [1.29, 1.82) is 5.26 Å². The highest BCUT2D eigenvalue weighted by atomic mass is 16.2. The van der Waals surface area contributed by atoms with Crippen molar-refractivity contribution < 1.29 is 4.79 Å². The van der Waals surface area contributed by atoms with Crippen LogP contribution in [0.3, 0.4) is 0 Å². The van der Waals surface area contributed by atoms with E-state index < -0.39 is 0 Å². The van der Waals surface area contributed by atoms with Crippen molar-refractivity contribution >= 4 is 28.3 Å². The lowest BCUT2D eigenvalue weighted by molar-refractivity contribution is 0.184. The quantitative estimate of drug-likeness (QED) is 0.481. The molecule has 7 heteroatoms. The number of aromatic nitrogens is 2. The minimum atomic E-state index is -0.146. The third-order valence-corrected chi connectivity index (χ3v) is 6.17. The summed E-state index contributed by atoms with van der Waals surface area (Å²) in [6.45, 7) is 3.93. The van der Waals surface area contributed by atoms with Crippen LogP contribution in [-0.4, -0.2) is 46.8 Å². The number of amides is 2. The first-order chi connectivity index (χ1) is 16.6. The maximum absolute atomic E-state index is 12.9. The largest absolute Gasteiger partial charge is 0.351 e. The number of nitrogens with one attached hydrogen (secondary N) is 1. The Hall–Kier alpha value is -4.44. The van der Waals surface area contributed by atoms with Crippen LogP contribution in [0.25, 0.3) is 22.0 Å². The summed E-state index contributed by atoms with van der Waals surface area (Å²) in [5.74, 6) is 0.842. The fourth-order valence-electron chi connectivity index (χ4n) is 4.41. The molecule has 3 aromatic carbocycles. The summed E-state index contributed by atoms with van der Waals surface area (Å²) in [5, 5.41) is 23.2. The first-order valence-electron chi connectivity index (χ1n) is 11.3. The number of benzene rings is 3. The molecular weight excluding hydrogens is 424 g/mol. The monoisotopic (exact) mass is 448 g/mol. The summed E-state index contributed by atoms with van der Waals surface area (Å²) in [5.41, 5.74) is 3.14. The van der Waals surface area contributed by atoms with Crippen LogP contribution >= 0.6 is 0 Å². The van der Waals surface area contributed by atoms with Gasteiger partial charge in [0.1, 0.15) is 5.69 Å². The van der Waals surface area contributed by atoms with E-state index in [0.29, 0.717) is 30.9 Å². The SMILES string of the molecule is CC1CN(c2nnc(-c3ccccc3)c3ccccc23)CCN1C(=O)Nc1ccc(C#N)cc1. The summed E-state index contributed by atoms with van der Waals surface area (Å²) >= 11 is 0. The molecule has 4 aromatic rings. The molecule has 34 heavy (non-hydrogen) atoms. The number of hydrogen-bond acceptors (Lipinski definition) is 5. The molecule has 1 unspecified atom stereocenters. The van der Waals surface area contributed by atoms with Crippen molar-refractivity contribution in [2.45, 2.75) is 13.0 Å². The Balaban J connectivity index is 1.35. The number of carbonyl (C=O) groups excluding carboxylic acids is 1. The topological polar surface area (TPSA) is 85.2 Å². The van der Waals surface area contributed by atoms with E-state index in [4.69, 9.17) is 5.26 Å². The number of rotatable bonds is 3. The van der Waals surface area contributed by atoms with E-state index in [1.807, 2.05) is 54.3 Å². The molecule has 7 nitrogen and oxygen atoms in total. The molecule has 2 amide bonds. The zero-order valence-electron chi connectivity index (χ0n) is 18.8. The van der Waals surface area contributed by atoms with Crippen molar-refractivity contribution in [2.75, 3.05) is 29.9 Å². The Kier molecular flexibility index (Phi) is 5.79. The number of hydrogen-bond donors (Lipinski definition) is 1. The Bertz CT molecular complexity index is 1360. The number of carbonyl (C=O) groups is 1. The second kappa shape index (κ2) is 9.20.